The molecule has 1 N–H and O–H groups in total. The first-order chi connectivity index (χ1) is 11.6. The molecule has 2 aliphatic heterocycles. The van der Waals surface area contributed by atoms with Gasteiger partial charge in [0.05, 0.1) is 12.1 Å². The molecule has 1 atom stereocenters. The molecule has 4 rings (SSSR count). The van der Waals surface area contributed by atoms with E-state index in [4.69, 9.17) is 4.74 Å². The SMILES string of the molecule is O=C(Nc1cccc(F)c1)C1CCC2(CN(Cc3nccs3)C2)O1. The Morgan fingerprint density at radius 1 is 1.50 bits per heavy atom. The minimum absolute atomic E-state index is 0.198. The quantitative estimate of drug-likeness (QED) is 0.924. The molecule has 7 heteroatoms. The minimum Gasteiger partial charge on any atom is -0.359 e. The molecule has 5 nitrogen and oxygen atoms in total. The van der Waals surface area contributed by atoms with Crippen LogP contribution in [0.3, 0.4) is 0 Å². The summed E-state index contributed by atoms with van der Waals surface area (Å²) in [5.41, 5.74) is 0.254. The highest BCUT2D eigenvalue weighted by atomic mass is 32.1. The number of benzene rings is 1. The third kappa shape index (κ3) is 3.19. The fraction of sp³-hybridized carbons (Fsp3) is 0.412. The number of carbonyl (C=O) groups is 1. The van der Waals surface area contributed by atoms with Crippen molar-refractivity contribution in [3.63, 3.8) is 0 Å². The van der Waals surface area contributed by atoms with E-state index in [2.05, 4.69) is 15.2 Å². The van der Waals surface area contributed by atoms with Gasteiger partial charge in [0.15, 0.2) is 0 Å². The molecule has 2 saturated heterocycles. The van der Waals surface area contributed by atoms with Gasteiger partial charge in [0.1, 0.15) is 16.9 Å². The number of nitrogens with zero attached hydrogens (tertiary/aromatic N) is 2. The van der Waals surface area contributed by atoms with Crippen molar-refractivity contribution < 1.29 is 13.9 Å². The van der Waals surface area contributed by atoms with Crippen LogP contribution < -0.4 is 5.32 Å². The molecule has 24 heavy (non-hydrogen) atoms. The molecule has 1 unspecified atom stereocenters. The molecule has 1 spiro atoms. The van der Waals surface area contributed by atoms with Gasteiger partial charge in [-0.25, -0.2) is 9.37 Å². The fourth-order valence-electron chi connectivity index (χ4n) is 3.42. The number of rotatable bonds is 4. The first kappa shape index (κ1) is 15.7. The van der Waals surface area contributed by atoms with Crippen molar-refractivity contribution in [3.05, 3.63) is 46.7 Å². The van der Waals surface area contributed by atoms with Crippen molar-refractivity contribution in [2.75, 3.05) is 18.4 Å². The summed E-state index contributed by atoms with van der Waals surface area (Å²) >= 11 is 1.65. The number of halogens is 1. The summed E-state index contributed by atoms with van der Waals surface area (Å²) in [5, 5.41) is 5.81. The van der Waals surface area contributed by atoms with Gasteiger partial charge in [0, 0.05) is 30.4 Å². The van der Waals surface area contributed by atoms with Gasteiger partial charge >= 0.3 is 0 Å². The molecule has 2 aromatic rings. The van der Waals surface area contributed by atoms with E-state index in [1.165, 1.54) is 12.1 Å². The molecular formula is C17H18FN3O2S. The van der Waals surface area contributed by atoms with Crippen LogP contribution in [0.25, 0.3) is 0 Å². The number of amides is 1. The average molecular weight is 347 g/mol. The lowest BCUT2D eigenvalue weighted by Crippen LogP contribution is -2.61. The first-order valence-electron chi connectivity index (χ1n) is 7.97. The molecule has 1 amide bonds. The van der Waals surface area contributed by atoms with Crippen molar-refractivity contribution >= 4 is 22.9 Å². The molecule has 1 aromatic carbocycles. The van der Waals surface area contributed by atoms with Gasteiger partial charge in [-0.3, -0.25) is 9.69 Å². The average Bonchev–Trinajstić information content (AvgIpc) is 3.16. The molecule has 0 saturated carbocycles. The lowest BCUT2D eigenvalue weighted by molar-refractivity contribution is -0.153. The van der Waals surface area contributed by atoms with Crippen LogP contribution in [0.5, 0.6) is 0 Å². The van der Waals surface area contributed by atoms with Crippen LogP contribution in [-0.4, -0.2) is 40.6 Å². The molecule has 0 bridgehead atoms. The number of hydrogen-bond donors (Lipinski definition) is 1. The normalized spacial score (nSPS) is 22.5. The number of ether oxygens (including phenoxy) is 1. The summed E-state index contributed by atoms with van der Waals surface area (Å²) in [6, 6.07) is 5.90. The molecule has 2 fully saturated rings. The molecule has 2 aliphatic rings. The van der Waals surface area contributed by atoms with Crippen LogP contribution in [0.2, 0.25) is 0 Å². The molecule has 126 valence electrons. The Labute approximate surface area is 143 Å². The third-order valence-corrected chi connectivity index (χ3v) is 5.27. The number of anilines is 1. The van der Waals surface area contributed by atoms with Gasteiger partial charge in [-0.15, -0.1) is 11.3 Å². The predicted molar refractivity (Wildman–Crippen MR) is 89.3 cm³/mol. The van der Waals surface area contributed by atoms with E-state index in [1.807, 2.05) is 11.6 Å². The molecule has 3 heterocycles. The smallest absolute Gasteiger partial charge is 0.253 e. The zero-order chi connectivity index (χ0) is 16.6. The van der Waals surface area contributed by atoms with Crippen LogP contribution in [0.1, 0.15) is 17.8 Å². The molecular weight excluding hydrogens is 329 g/mol. The second kappa shape index (κ2) is 6.23. The lowest BCUT2D eigenvalue weighted by Gasteiger charge is -2.47. The van der Waals surface area contributed by atoms with Crippen molar-refractivity contribution in [2.45, 2.75) is 31.1 Å². The monoisotopic (exact) mass is 347 g/mol. The van der Waals surface area contributed by atoms with Crippen LogP contribution in [0.4, 0.5) is 10.1 Å². The highest BCUT2D eigenvalue weighted by molar-refractivity contribution is 7.09. The van der Waals surface area contributed by atoms with E-state index in [9.17, 15) is 9.18 Å². The maximum atomic E-state index is 13.2. The first-order valence-corrected chi connectivity index (χ1v) is 8.85. The Morgan fingerprint density at radius 3 is 3.12 bits per heavy atom. The van der Waals surface area contributed by atoms with Gasteiger partial charge in [-0.05, 0) is 31.0 Å². The lowest BCUT2D eigenvalue weighted by atomic mass is 9.91. The Balaban J connectivity index is 1.30. The van der Waals surface area contributed by atoms with E-state index in [1.54, 1.807) is 23.5 Å². The van der Waals surface area contributed by atoms with Crippen LogP contribution >= 0.6 is 11.3 Å². The zero-order valence-corrected chi connectivity index (χ0v) is 13.9. The van der Waals surface area contributed by atoms with Crippen LogP contribution in [0, 0.1) is 5.82 Å². The van der Waals surface area contributed by atoms with Crippen molar-refractivity contribution in [1.29, 1.82) is 0 Å². The van der Waals surface area contributed by atoms with Crippen LogP contribution in [-0.2, 0) is 16.1 Å². The highest BCUT2D eigenvalue weighted by Gasteiger charge is 2.50. The van der Waals surface area contributed by atoms with Crippen molar-refractivity contribution in [3.8, 4) is 0 Å². The Morgan fingerprint density at radius 2 is 2.38 bits per heavy atom. The summed E-state index contributed by atoms with van der Waals surface area (Å²) in [7, 11) is 0. The summed E-state index contributed by atoms with van der Waals surface area (Å²) in [5.74, 6) is -0.565. The number of aromatic nitrogens is 1. The number of likely N-dealkylation sites (tertiary alicyclic amines) is 1. The largest absolute Gasteiger partial charge is 0.359 e. The summed E-state index contributed by atoms with van der Waals surface area (Å²) in [4.78, 5) is 18.9. The number of nitrogens with one attached hydrogen (secondary N) is 1. The van der Waals surface area contributed by atoms with Gasteiger partial charge in [-0.1, -0.05) is 6.07 Å². The topological polar surface area (TPSA) is 54.5 Å². The van der Waals surface area contributed by atoms with E-state index >= 15 is 0 Å². The zero-order valence-electron chi connectivity index (χ0n) is 13.1. The maximum absolute atomic E-state index is 13.2. The number of thiazole rings is 1. The summed E-state index contributed by atoms with van der Waals surface area (Å²) in [6.45, 7) is 2.50. The second-order valence-corrected chi connectivity index (χ2v) is 7.38. The highest BCUT2D eigenvalue weighted by Crippen LogP contribution is 2.39. The van der Waals surface area contributed by atoms with E-state index in [0.717, 1.165) is 31.1 Å². The molecule has 0 radical (unpaired) electrons. The Kier molecular flexibility index (Phi) is 4.07. The second-order valence-electron chi connectivity index (χ2n) is 6.40. The molecule has 0 aliphatic carbocycles. The van der Waals surface area contributed by atoms with E-state index < -0.39 is 6.10 Å². The standard InChI is InChI=1S/C17H18FN3O2S/c18-12-2-1-3-13(8-12)20-16(22)14-4-5-17(23-14)10-21(11-17)9-15-19-6-7-24-15/h1-3,6-8,14H,4-5,9-11H2,(H,20,22). The van der Waals surface area contributed by atoms with Gasteiger partial charge in [0.2, 0.25) is 0 Å². The summed E-state index contributed by atoms with van der Waals surface area (Å²) in [6.07, 6.45) is 2.93. The van der Waals surface area contributed by atoms with Gasteiger partial charge < -0.3 is 10.1 Å². The third-order valence-electron chi connectivity index (χ3n) is 4.50. The fourth-order valence-corrected chi connectivity index (χ4v) is 4.08. The van der Waals surface area contributed by atoms with Crippen molar-refractivity contribution in [2.24, 2.45) is 0 Å². The van der Waals surface area contributed by atoms with E-state index in [-0.39, 0.29) is 17.3 Å². The maximum Gasteiger partial charge on any atom is 0.253 e. The predicted octanol–water partition coefficient (Wildman–Crippen LogP) is 2.65. The van der Waals surface area contributed by atoms with Crippen molar-refractivity contribution in [1.82, 2.24) is 9.88 Å². The Bertz CT molecular complexity index is 731. The number of carbonyl (C=O) groups excluding carboxylic acids is 1. The van der Waals surface area contributed by atoms with Crippen LogP contribution in [0.15, 0.2) is 35.8 Å². The van der Waals surface area contributed by atoms with Gasteiger partial charge in [0.25, 0.3) is 5.91 Å². The van der Waals surface area contributed by atoms with E-state index in [0.29, 0.717) is 12.1 Å². The molecule has 1 aromatic heterocycles. The minimum atomic E-state index is -0.463. The van der Waals surface area contributed by atoms with Gasteiger partial charge in [-0.2, -0.15) is 0 Å². The Hall–Kier alpha value is -1.83. The number of hydrogen-bond acceptors (Lipinski definition) is 5. The summed E-state index contributed by atoms with van der Waals surface area (Å²) < 4.78 is 19.2.